The summed E-state index contributed by atoms with van der Waals surface area (Å²) < 4.78 is 16.0. The molecule has 2 aliphatic heterocycles. The van der Waals surface area contributed by atoms with Gasteiger partial charge in [0.05, 0.1) is 20.3 Å². The van der Waals surface area contributed by atoms with E-state index in [4.69, 9.17) is 14.2 Å². The lowest BCUT2D eigenvalue weighted by molar-refractivity contribution is -0.141. The first-order chi connectivity index (χ1) is 17.5. The maximum absolute atomic E-state index is 13.5. The molecule has 2 aliphatic rings. The number of amides is 3. The minimum absolute atomic E-state index is 0.114. The number of nitrogens with zero attached hydrogens (tertiary/aromatic N) is 2. The Morgan fingerprint density at radius 1 is 0.806 bits per heavy atom. The molecule has 1 N–H and O–H groups in total. The average Bonchev–Trinajstić information content (AvgIpc) is 3.61. The molecule has 0 bridgehead atoms. The third-order valence-electron chi connectivity index (χ3n) is 6.75. The number of ether oxygens (including phenoxy) is 3. The van der Waals surface area contributed by atoms with Crippen molar-refractivity contribution in [1.29, 1.82) is 0 Å². The van der Waals surface area contributed by atoms with Crippen LogP contribution in [-0.4, -0.2) is 73.5 Å². The van der Waals surface area contributed by atoms with Crippen LogP contribution in [0.15, 0.2) is 48.5 Å². The number of likely N-dealkylation sites (tertiary alicyclic amines) is 2. The molecule has 0 unspecified atom stereocenters. The summed E-state index contributed by atoms with van der Waals surface area (Å²) in [5, 5.41) is 2.91. The second-order valence-corrected chi connectivity index (χ2v) is 8.98. The SMILES string of the molecule is COc1ccc(CNC(=O)N2CCC[C@H]2C(=O)N2CCC[C@H]2C(=O)COc2ccc(OC)cc2)cc1. The third-order valence-corrected chi connectivity index (χ3v) is 6.75. The number of ketones is 1. The minimum Gasteiger partial charge on any atom is -0.497 e. The highest BCUT2D eigenvalue weighted by Gasteiger charge is 2.42. The summed E-state index contributed by atoms with van der Waals surface area (Å²) in [5.41, 5.74) is 0.938. The number of carbonyl (C=O) groups is 3. The molecule has 0 radical (unpaired) electrons. The Morgan fingerprint density at radius 3 is 2.00 bits per heavy atom. The van der Waals surface area contributed by atoms with Gasteiger partial charge in [-0.05, 0) is 67.6 Å². The molecule has 9 nitrogen and oxygen atoms in total. The van der Waals surface area contributed by atoms with Crippen molar-refractivity contribution in [2.45, 2.75) is 44.3 Å². The van der Waals surface area contributed by atoms with Crippen molar-refractivity contribution in [2.24, 2.45) is 0 Å². The van der Waals surface area contributed by atoms with E-state index in [9.17, 15) is 14.4 Å². The minimum atomic E-state index is -0.559. The fourth-order valence-corrected chi connectivity index (χ4v) is 4.77. The van der Waals surface area contributed by atoms with Crippen molar-refractivity contribution < 1.29 is 28.6 Å². The Kier molecular flexibility index (Phi) is 8.30. The molecule has 2 aromatic carbocycles. The van der Waals surface area contributed by atoms with E-state index in [1.165, 1.54) is 0 Å². The van der Waals surface area contributed by atoms with Crippen molar-refractivity contribution in [2.75, 3.05) is 33.9 Å². The summed E-state index contributed by atoms with van der Waals surface area (Å²) in [6, 6.07) is 13.1. The van der Waals surface area contributed by atoms with Crippen LogP contribution in [0.4, 0.5) is 4.79 Å². The summed E-state index contributed by atoms with van der Waals surface area (Å²) in [6.07, 6.45) is 2.70. The lowest BCUT2D eigenvalue weighted by atomic mass is 10.1. The average molecular weight is 496 g/mol. The fourth-order valence-electron chi connectivity index (χ4n) is 4.77. The summed E-state index contributed by atoms with van der Waals surface area (Å²) in [5.74, 6) is 1.72. The quantitative estimate of drug-likeness (QED) is 0.575. The zero-order valence-corrected chi connectivity index (χ0v) is 20.8. The Labute approximate surface area is 211 Å². The number of hydrogen-bond acceptors (Lipinski definition) is 6. The smallest absolute Gasteiger partial charge is 0.318 e. The highest BCUT2D eigenvalue weighted by Crippen LogP contribution is 2.26. The van der Waals surface area contributed by atoms with E-state index in [1.807, 2.05) is 24.3 Å². The molecule has 192 valence electrons. The number of carbonyl (C=O) groups excluding carboxylic acids is 3. The van der Waals surface area contributed by atoms with Crippen LogP contribution < -0.4 is 19.5 Å². The van der Waals surface area contributed by atoms with Gasteiger partial charge in [-0.1, -0.05) is 12.1 Å². The van der Waals surface area contributed by atoms with Gasteiger partial charge in [0.15, 0.2) is 5.78 Å². The van der Waals surface area contributed by atoms with Crippen molar-refractivity contribution in [1.82, 2.24) is 15.1 Å². The summed E-state index contributed by atoms with van der Waals surface area (Å²) >= 11 is 0. The molecule has 2 saturated heterocycles. The van der Waals surface area contributed by atoms with Crippen LogP contribution in [0.5, 0.6) is 17.2 Å². The molecule has 3 amide bonds. The van der Waals surface area contributed by atoms with Crippen molar-refractivity contribution in [3.05, 3.63) is 54.1 Å². The molecule has 2 aromatic rings. The molecule has 2 atom stereocenters. The Hall–Kier alpha value is -3.75. The molecule has 36 heavy (non-hydrogen) atoms. The van der Waals surface area contributed by atoms with Crippen LogP contribution in [0.3, 0.4) is 0 Å². The summed E-state index contributed by atoms with van der Waals surface area (Å²) in [7, 11) is 3.19. The first-order valence-corrected chi connectivity index (χ1v) is 12.3. The number of hydrogen-bond donors (Lipinski definition) is 1. The van der Waals surface area contributed by atoms with Crippen LogP contribution in [0.1, 0.15) is 31.2 Å². The molecule has 0 spiro atoms. The monoisotopic (exact) mass is 495 g/mol. The van der Waals surface area contributed by atoms with Gasteiger partial charge in [-0.3, -0.25) is 9.59 Å². The number of rotatable bonds is 9. The molecular weight excluding hydrogens is 462 g/mol. The molecule has 0 aliphatic carbocycles. The molecule has 9 heteroatoms. The topological polar surface area (TPSA) is 97.4 Å². The van der Waals surface area contributed by atoms with Crippen LogP contribution in [0.2, 0.25) is 0 Å². The second kappa shape index (κ2) is 11.8. The van der Waals surface area contributed by atoms with E-state index in [0.29, 0.717) is 44.0 Å². The predicted molar refractivity (Wildman–Crippen MR) is 133 cm³/mol. The standard InChI is InChI=1S/C27H33N3O6/c1-34-20-9-7-19(8-10-20)17-28-27(33)30-16-4-6-24(30)26(32)29-15-3-5-23(29)25(31)18-36-22-13-11-21(35-2)12-14-22/h7-14,23-24H,3-6,15-18H2,1-2H3,(H,28,33)/t23-,24-/m0/s1. The Morgan fingerprint density at radius 2 is 1.36 bits per heavy atom. The maximum atomic E-state index is 13.5. The van der Waals surface area contributed by atoms with Crippen LogP contribution in [0.25, 0.3) is 0 Å². The first kappa shape index (κ1) is 25.3. The molecule has 2 fully saturated rings. The van der Waals surface area contributed by atoms with E-state index in [1.54, 1.807) is 48.3 Å². The zero-order chi connectivity index (χ0) is 25.5. The zero-order valence-electron chi connectivity index (χ0n) is 20.8. The van der Waals surface area contributed by atoms with Crippen LogP contribution >= 0.6 is 0 Å². The number of Topliss-reactive ketones (excluding diaryl/α,β-unsaturated/α-hetero) is 1. The number of methoxy groups -OCH3 is 2. The van der Waals surface area contributed by atoms with E-state index in [0.717, 1.165) is 24.2 Å². The predicted octanol–water partition coefficient (Wildman–Crippen LogP) is 3.02. The van der Waals surface area contributed by atoms with Gasteiger partial charge in [-0.15, -0.1) is 0 Å². The number of benzene rings is 2. The largest absolute Gasteiger partial charge is 0.497 e. The molecule has 2 heterocycles. The molecule has 0 saturated carbocycles. The van der Waals surface area contributed by atoms with Crippen molar-refractivity contribution in [3.8, 4) is 17.2 Å². The van der Waals surface area contributed by atoms with Gasteiger partial charge in [-0.25, -0.2) is 4.79 Å². The lowest BCUT2D eigenvalue weighted by Gasteiger charge is -2.31. The molecule has 4 rings (SSSR count). The van der Waals surface area contributed by atoms with Crippen LogP contribution in [0, 0.1) is 0 Å². The van der Waals surface area contributed by atoms with Crippen molar-refractivity contribution >= 4 is 17.7 Å². The van der Waals surface area contributed by atoms with Gasteiger partial charge in [-0.2, -0.15) is 0 Å². The van der Waals surface area contributed by atoms with Gasteiger partial charge in [0.1, 0.15) is 29.9 Å². The van der Waals surface area contributed by atoms with Gasteiger partial charge < -0.3 is 29.3 Å². The van der Waals surface area contributed by atoms with E-state index in [-0.39, 0.29) is 24.3 Å². The summed E-state index contributed by atoms with van der Waals surface area (Å²) in [6.45, 7) is 1.26. The summed E-state index contributed by atoms with van der Waals surface area (Å²) in [4.78, 5) is 42.5. The lowest BCUT2D eigenvalue weighted by Crippen LogP contribution is -2.53. The maximum Gasteiger partial charge on any atom is 0.318 e. The molecular formula is C27H33N3O6. The number of urea groups is 1. The van der Waals surface area contributed by atoms with E-state index in [2.05, 4.69) is 5.32 Å². The Balaban J connectivity index is 1.32. The first-order valence-electron chi connectivity index (χ1n) is 12.3. The van der Waals surface area contributed by atoms with Crippen LogP contribution in [-0.2, 0) is 16.1 Å². The fraction of sp³-hybridized carbons (Fsp3) is 0.444. The highest BCUT2D eigenvalue weighted by molar-refractivity contribution is 5.94. The van der Waals surface area contributed by atoms with Crippen molar-refractivity contribution in [3.63, 3.8) is 0 Å². The second-order valence-electron chi connectivity index (χ2n) is 8.98. The van der Waals surface area contributed by atoms with Gasteiger partial charge in [0, 0.05) is 19.6 Å². The van der Waals surface area contributed by atoms with Gasteiger partial charge in [0.25, 0.3) is 0 Å². The van der Waals surface area contributed by atoms with Gasteiger partial charge >= 0.3 is 6.03 Å². The number of nitrogens with one attached hydrogen (secondary N) is 1. The van der Waals surface area contributed by atoms with E-state index < -0.39 is 12.1 Å². The van der Waals surface area contributed by atoms with E-state index >= 15 is 0 Å². The Bertz CT molecular complexity index is 973. The highest BCUT2D eigenvalue weighted by atomic mass is 16.5. The molecule has 0 aromatic heterocycles. The van der Waals surface area contributed by atoms with Gasteiger partial charge in [0.2, 0.25) is 5.91 Å². The normalized spacial score (nSPS) is 19.2. The third kappa shape index (κ3) is 5.90.